The number of pyridine rings is 1. The smallest absolute Gasteiger partial charge is 0.330 e. The molecule has 31 heavy (non-hydrogen) atoms. The van der Waals surface area contributed by atoms with Gasteiger partial charge in [-0.25, -0.2) is 4.79 Å². The molecule has 3 N–H and O–H groups in total. The first-order chi connectivity index (χ1) is 14.8. The molecule has 0 amide bonds. The average Bonchev–Trinajstić information content (AvgIpc) is 3.31. The van der Waals surface area contributed by atoms with Gasteiger partial charge in [-0.3, -0.25) is 14.3 Å². The van der Waals surface area contributed by atoms with Gasteiger partial charge in [0.25, 0.3) is 5.69 Å². The van der Waals surface area contributed by atoms with Crippen LogP contribution in [0.1, 0.15) is 23.2 Å². The summed E-state index contributed by atoms with van der Waals surface area (Å²) in [5.74, 6) is -0.0359. The third-order valence-corrected chi connectivity index (χ3v) is 6.15. The molecule has 4 aromatic rings. The Bertz CT molecular complexity index is 1330. The van der Waals surface area contributed by atoms with Crippen molar-refractivity contribution in [2.45, 2.75) is 39.9 Å². The average molecular weight is 463 g/mol. The van der Waals surface area contributed by atoms with Gasteiger partial charge in [0.1, 0.15) is 12.1 Å². The molecule has 0 saturated heterocycles. The Morgan fingerprint density at radius 3 is 2.55 bits per heavy atom. The molecule has 0 atom stereocenters. The number of nitrogens with two attached hydrogens (primary N) is 1. The highest BCUT2D eigenvalue weighted by Crippen LogP contribution is 2.24. The molecule has 0 aliphatic rings. The quantitative estimate of drug-likeness (QED) is 0.260. The molecule has 0 unspecified atom stereocenters. The Kier molecular flexibility index (Phi) is 5.63. The van der Waals surface area contributed by atoms with E-state index in [9.17, 15) is 10.0 Å². The van der Waals surface area contributed by atoms with Crippen LogP contribution in [0.4, 0.5) is 5.95 Å². The Hall–Kier alpha value is -3.04. The predicted octanol–water partition coefficient (Wildman–Crippen LogP) is 2.56. The summed E-state index contributed by atoms with van der Waals surface area (Å²) in [5, 5.41) is 11.1. The molecule has 0 aliphatic heterocycles. The van der Waals surface area contributed by atoms with Crippen molar-refractivity contribution >= 4 is 40.3 Å². The highest BCUT2D eigenvalue weighted by atomic mass is 35.5. The first kappa shape index (κ1) is 21.2. The predicted molar refractivity (Wildman–Crippen MR) is 118 cm³/mol. The Morgan fingerprint density at radius 1 is 1.13 bits per heavy atom. The lowest BCUT2D eigenvalue weighted by atomic mass is 10.1. The van der Waals surface area contributed by atoms with Crippen LogP contribution in [0, 0.1) is 13.8 Å². The largest absolute Gasteiger partial charge is 0.368 e. The van der Waals surface area contributed by atoms with Gasteiger partial charge < -0.3 is 10.3 Å². The van der Waals surface area contributed by atoms with Gasteiger partial charge in [-0.15, -0.1) is 0 Å². The van der Waals surface area contributed by atoms with Crippen LogP contribution in [-0.4, -0.2) is 28.9 Å². The zero-order valence-corrected chi connectivity index (χ0v) is 18.6. The van der Waals surface area contributed by atoms with E-state index < -0.39 is 0 Å². The minimum Gasteiger partial charge on any atom is -0.368 e. The standard InChI is InChI=1S/C20H22Cl2N7O2/c1-12-10-29(31)14(13(2)15(12)21)11-28-18-16(17(22)24-19(23)25-18)27(20(28)30)9-5-8-26-6-3-4-7-26/h3-4,6-7,10,31H,5,8-9,11H2,1-2H3,(H2,23,24,25)/q+1. The number of hydrogen-bond donors (Lipinski definition) is 2. The summed E-state index contributed by atoms with van der Waals surface area (Å²) < 4.78 is 5.99. The molecule has 4 aromatic heterocycles. The van der Waals surface area contributed by atoms with Gasteiger partial charge in [0, 0.05) is 41.3 Å². The lowest BCUT2D eigenvalue weighted by molar-refractivity contribution is -0.910. The van der Waals surface area contributed by atoms with Crippen molar-refractivity contribution in [2.24, 2.45) is 0 Å². The number of nitrogens with zero attached hydrogens (tertiary/aromatic N) is 6. The SMILES string of the molecule is Cc1c[n+](O)c(Cn2c(=O)n(CCCn3cccc3)c3c(Cl)nc(N)nc32)c(C)c1Cl. The monoisotopic (exact) mass is 462 g/mol. The van der Waals surface area contributed by atoms with Crippen molar-refractivity contribution in [2.75, 3.05) is 5.73 Å². The van der Waals surface area contributed by atoms with Crippen molar-refractivity contribution < 1.29 is 9.94 Å². The van der Waals surface area contributed by atoms with E-state index in [-0.39, 0.29) is 23.3 Å². The summed E-state index contributed by atoms with van der Waals surface area (Å²) >= 11 is 12.7. The Morgan fingerprint density at radius 2 is 1.84 bits per heavy atom. The second-order valence-electron chi connectivity index (χ2n) is 7.38. The molecule has 9 nitrogen and oxygen atoms in total. The fourth-order valence-corrected chi connectivity index (χ4v) is 4.15. The Balaban J connectivity index is 1.80. The molecule has 4 rings (SSSR count). The summed E-state index contributed by atoms with van der Waals surface area (Å²) in [6.07, 6.45) is 6.13. The van der Waals surface area contributed by atoms with Gasteiger partial charge in [-0.2, -0.15) is 9.97 Å². The second kappa shape index (κ2) is 8.24. The topological polar surface area (TPSA) is 108 Å². The maximum Gasteiger partial charge on any atom is 0.330 e. The number of imidazole rings is 1. The first-order valence-corrected chi connectivity index (χ1v) is 10.5. The molecule has 0 saturated carbocycles. The van der Waals surface area contributed by atoms with Gasteiger partial charge in [0.15, 0.2) is 10.8 Å². The summed E-state index contributed by atoms with van der Waals surface area (Å²) in [6.45, 7) is 4.77. The minimum atomic E-state index is -0.319. The molecular formula is C20H22Cl2N7O2+. The molecule has 0 radical (unpaired) electrons. The summed E-state index contributed by atoms with van der Waals surface area (Å²) in [7, 11) is 0. The lowest BCUT2D eigenvalue weighted by Crippen LogP contribution is -2.39. The molecule has 162 valence electrons. The van der Waals surface area contributed by atoms with E-state index in [0.29, 0.717) is 40.4 Å². The molecule has 0 fully saturated rings. The van der Waals surface area contributed by atoms with E-state index in [1.54, 1.807) is 18.4 Å². The van der Waals surface area contributed by atoms with E-state index in [0.717, 1.165) is 16.8 Å². The van der Waals surface area contributed by atoms with E-state index in [2.05, 4.69) is 9.97 Å². The van der Waals surface area contributed by atoms with Crippen LogP contribution in [0.15, 0.2) is 35.5 Å². The van der Waals surface area contributed by atoms with Crippen LogP contribution >= 0.6 is 23.2 Å². The number of rotatable bonds is 6. The summed E-state index contributed by atoms with van der Waals surface area (Å²) in [5.41, 5.74) is 8.04. The van der Waals surface area contributed by atoms with E-state index >= 15 is 0 Å². The van der Waals surface area contributed by atoms with E-state index in [1.165, 1.54) is 10.8 Å². The number of nitrogen functional groups attached to an aromatic ring is 1. The van der Waals surface area contributed by atoms with Crippen LogP contribution in [0.3, 0.4) is 0 Å². The molecule has 11 heteroatoms. The van der Waals surface area contributed by atoms with Crippen LogP contribution in [0.25, 0.3) is 11.2 Å². The molecule has 0 bridgehead atoms. The Labute approximate surface area is 187 Å². The number of aryl methyl sites for hydroxylation is 3. The van der Waals surface area contributed by atoms with Gasteiger partial charge >= 0.3 is 5.69 Å². The fourth-order valence-electron chi connectivity index (χ4n) is 3.72. The summed E-state index contributed by atoms with van der Waals surface area (Å²) in [4.78, 5) is 21.6. The molecule has 0 aromatic carbocycles. The maximum atomic E-state index is 13.4. The highest BCUT2D eigenvalue weighted by molar-refractivity contribution is 6.33. The number of fused-ring (bicyclic) bond motifs is 1. The normalized spacial score (nSPS) is 11.5. The lowest BCUT2D eigenvalue weighted by Gasteiger charge is -2.06. The van der Waals surface area contributed by atoms with Gasteiger partial charge in [0.2, 0.25) is 12.1 Å². The summed E-state index contributed by atoms with van der Waals surface area (Å²) in [6, 6.07) is 3.90. The van der Waals surface area contributed by atoms with Gasteiger partial charge in [-0.1, -0.05) is 23.2 Å². The van der Waals surface area contributed by atoms with Crippen molar-refractivity contribution in [3.05, 3.63) is 68.2 Å². The number of hydrogen-bond acceptors (Lipinski definition) is 5. The van der Waals surface area contributed by atoms with Crippen LogP contribution in [0.5, 0.6) is 0 Å². The number of anilines is 1. The molecular weight excluding hydrogens is 441 g/mol. The van der Waals surface area contributed by atoms with Crippen molar-refractivity contribution in [1.82, 2.24) is 23.7 Å². The zero-order chi connectivity index (χ0) is 22.3. The van der Waals surface area contributed by atoms with Gasteiger partial charge in [0.05, 0.1) is 5.02 Å². The molecule has 0 aliphatic carbocycles. The van der Waals surface area contributed by atoms with Crippen LogP contribution < -0.4 is 16.2 Å². The third kappa shape index (κ3) is 3.86. The minimum absolute atomic E-state index is 0.0359. The molecule has 4 heterocycles. The van der Waals surface area contributed by atoms with E-state index in [1.807, 2.05) is 29.1 Å². The molecule has 0 spiro atoms. The van der Waals surface area contributed by atoms with Crippen LogP contribution in [-0.2, 0) is 19.6 Å². The zero-order valence-electron chi connectivity index (χ0n) is 17.1. The fraction of sp³-hybridized carbons (Fsp3) is 0.300. The van der Waals surface area contributed by atoms with Crippen LogP contribution in [0.2, 0.25) is 10.2 Å². The van der Waals surface area contributed by atoms with E-state index in [4.69, 9.17) is 28.9 Å². The van der Waals surface area contributed by atoms with Gasteiger partial charge in [-0.05, 0) is 32.4 Å². The maximum absolute atomic E-state index is 13.4. The number of aromatic nitrogens is 6. The number of halogens is 2. The van der Waals surface area contributed by atoms with Crippen molar-refractivity contribution in [3.8, 4) is 0 Å². The highest BCUT2D eigenvalue weighted by Gasteiger charge is 2.25. The van der Waals surface area contributed by atoms with Crippen molar-refractivity contribution in [3.63, 3.8) is 0 Å². The second-order valence-corrected chi connectivity index (χ2v) is 8.12. The first-order valence-electron chi connectivity index (χ1n) is 9.70. The third-order valence-electron chi connectivity index (χ3n) is 5.30. The van der Waals surface area contributed by atoms with Crippen molar-refractivity contribution in [1.29, 1.82) is 0 Å².